The van der Waals surface area contributed by atoms with Crippen LogP contribution < -0.4 is 5.32 Å². The summed E-state index contributed by atoms with van der Waals surface area (Å²) in [5.41, 5.74) is 0.623. The molecule has 1 aromatic rings. The third-order valence-electron chi connectivity index (χ3n) is 2.36. The summed E-state index contributed by atoms with van der Waals surface area (Å²) in [5, 5.41) is 11.9. The maximum absolute atomic E-state index is 11.8. The van der Waals surface area contributed by atoms with Crippen molar-refractivity contribution in [3.63, 3.8) is 0 Å². The summed E-state index contributed by atoms with van der Waals surface area (Å²) < 4.78 is 0. The minimum absolute atomic E-state index is 0.0676. The van der Waals surface area contributed by atoms with E-state index in [2.05, 4.69) is 5.32 Å². The zero-order valence-corrected chi connectivity index (χ0v) is 10.8. The smallest absolute Gasteiger partial charge is 0.321 e. The molecule has 0 aromatic heterocycles. The molecule has 0 aliphatic carbocycles. The van der Waals surface area contributed by atoms with Gasteiger partial charge >= 0.3 is 12.0 Å². The Bertz CT molecular complexity index is 420. The molecule has 0 atom stereocenters. The van der Waals surface area contributed by atoms with Crippen molar-refractivity contribution in [2.24, 2.45) is 0 Å². The van der Waals surface area contributed by atoms with Crippen molar-refractivity contribution in [1.29, 1.82) is 0 Å². The fourth-order valence-electron chi connectivity index (χ4n) is 1.37. The fourth-order valence-corrected chi connectivity index (χ4v) is 1.50. The molecule has 0 aliphatic rings. The Labute approximate surface area is 110 Å². The molecule has 0 saturated carbocycles. The maximum Gasteiger partial charge on any atom is 0.321 e. The molecular formula is C12H15ClN2O3. The number of carbonyl (C=O) groups excluding carboxylic acids is 1. The lowest BCUT2D eigenvalue weighted by Crippen LogP contribution is -2.36. The van der Waals surface area contributed by atoms with Crippen LogP contribution in [0.5, 0.6) is 0 Å². The van der Waals surface area contributed by atoms with Gasteiger partial charge in [-0.2, -0.15) is 0 Å². The number of nitrogens with zero attached hydrogens (tertiary/aromatic N) is 1. The molecule has 0 unspecified atom stereocenters. The minimum Gasteiger partial charge on any atom is -0.481 e. The van der Waals surface area contributed by atoms with Crippen LogP contribution in [0.3, 0.4) is 0 Å². The van der Waals surface area contributed by atoms with Gasteiger partial charge in [0.2, 0.25) is 0 Å². The number of carboxylic acid groups (broad SMARTS) is 1. The van der Waals surface area contributed by atoms with E-state index in [0.717, 1.165) is 0 Å². The Morgan fingerprint density at radius 1 is 1.33 bits per heavy atom. The lowest BCUT2D eigenvalue weighted by atomic mass is 10.3. The number of halogens is 1. The molecule has 0 spiro atoms. The highest BCUT2D eigenvalue weighted by Gasteiger charge is 2.12. The monoisotopic (exact) mass is 270 g/mol. The molecule has 6 heteroatoms. The van der Waals surface area contributed by atoms with Crippen LogP contribution in [-0.2, 0) is 4.79 Å². The first-order valence-electron chi connectivity index (χ1n) is 5.56. The van der Waals surface area contributed by atoms with Gasteiger partial charge in [-0.3, -0.25) is 4.79 Å². The summed E-state index contributed by atoms with van der Waals surface area (Å²) in [6.45, 7) is 2.43. The topological polar surface area (TPSA) is 69.6 Å². The van der Waals surface area contributed by atoms with Crippen molar-refractivity contribution < 1.29 is 14.7 Å². The Morgan fingerprint density at radius 2 is 1.94 bits per heavy atom. The summed E-state index contributed by atoms with van der Waals surface area (Å²) in [6, 6.07) is 6.40. The molecule has 1 rings (SSSR count). The average Bonchev–Trinajstić information content (AvgIpc) is 2.32. The van der Waals surface area contributed by atoms with Crippen molar-refractivity contribution in [2.45, 2.75) is 13.3 Å². The zero-order chi connectivity index (χ0) is 13.5. The van der Waals surface area contributed by atoms with Gasteiger partial charge in [0.25, 0.3) is 0 Å². The third kappa shape index (κ3) is 4.63. The average molecular weight is 271 g/mol. The first kappa shape index (κ1) is 14.3. The minimum atomic E-state index is -0.923. The summed E-state index contributed by atoms with van der Waals surface area (Å²) in [4.78, 5) is 23.7. The molecular weight excluding hydrogens is 256 g/mol. The lowest BCUT2D eigenvalue weighted by Gasteiger charge is -2.20. The van der Waals surface area contributed by atoms with Crippen LogP contribution in [-0.4, -0.2) is 35.1 Å². The van der Waals surface area contributed by atoms with Gasteiger partial charge < -0.3 is 15.3 Å². The zero-order valence-electron chi connectivity index (χ0n) is 10.0. The largest absolute Gasteiger partial charge is 0.481 e. The Morgan fingerprint density at radius 3 is 2.44 bits per heavy atom. The summed E-state index contributed by atoms with van der Waals surface area (Å²) >= 11 is 5.73. The number of benzene rings is 1. The van der Waals surface area contributed by atoms with Gasteiger partial charge in [0.05, 0.1) is 6.42 Å². The molecule has 18 heavy (non-hydrogen) atoms. The van der Waals surface area contributed by atoms with Crippen LogP contribution in [0.2, 0.25) is 5.02 Å². The van der Waals surface area contributed by atoms with E-state index in [9.17, 15) is 9.59 Å². The van der Waals surface area contributed by atoms with Gasteiger partial charge in [-0.15, -0.1) is 0 Å². The van der Waals surface area contributed by atoms with Gasteiger partial charge in [0.1, 0.15) is 0 Å². The number of aliphatic carboxylic acids is 1. The first-order valence-corrected chi connectivity index (χ1v) is 5.94. The van der Waals surface area contributed by atoms with E-state index < -0.39 is 5.97 Å². The van der Waals surface area contributed by atoms with Crippen LogP contribution >= 0.6 is 11.6 Å². The molecule has 0 aliphatic heterocycles. The number of carboxylic acids is 1. The molecule has 0 fully saturated rings. The molecule has 0 radical (unpaired) electrons. The number of hydrogen-bond acceptors (Lipinski definition) is 2. The predicted molar refractivity (Wildman–Crippen MR) is 70.0 cm³/mol. The van der Waals surface area contributed by atoms with Crippen molar-refractivity contribution >= 4 is 29.3 Å². The van der Waals surface area contributed by atoms with Gasteiger partial charge in [0.15, 0.2) is 0 Å². The van der Waals surface area contributed by atoms with E-state index >= 15 is 0 Å². The van der Waals surface area contributed by atoms with E-state index in [1.807, 2.05) is 0 Å². The van der Waals surface area contributed by atoms with E-state index in [-0.39, 0.29) is 19.0 Å². The molecule has 98 valence electrons. The fraction of sp³-hybridized carbons (Fsp3) is 0.333. The van der Waals surface area contributed by atoms with Crippen molar-refractivity contribution in [3.05, 3.63) is 29.3 Å². The van der Waals surface area contributed by atoms with Gasteiger partial charge in [-0.05, 0) is 31.2 Å². The number of amides is 2. The van der Waals surface area contributed by atoms with E-state index in [1.165, 1.54) is 4.90 Å². The summed E-state index contributed by atoms with van der Waals surface area (Å²) in [6.07, 6.45) is -0.0676. The summed E-state index contributed by atoms with van der Waals surface area (Å²) in [5.74, 6) is -0.923. The molecule has 1 aromatic carbocycles. The SMILES string of the molecule is CCN(CCC(=O)O)C(=O)Nc1ccc(Cl)cc1. The van der Waals surface area contributed by atoms with E-state index in [4.69, 9.17) is 16.7 Å². The quantitative estimate of drug-likeness (QED) is 0.864. The lowest BCUT2D eigenvalue weighted by molar-refractivity contribution is -0.137. The van der Waals surface area contributed by atoms with Gasteiger partial charge in [0, 0.05) is 23.8 Å². The van der Waals surface area contributed by atoms with Crippen LogP contribution in [0.4, 0.5) is 10.5 Å². The Balaban J connectivity index is 2.56. The number of hydrogen-bond donors (Lipinski definition) is 2. The standard InChI is InChI=1S/C12H15ClN2O3/c1-2-15(8-7-11(16)17)12(18)14-10-5-3-9(13)4-6-10/h3-6H,2,7-8H2,1H3,(H,14,18)(H,16,17). The highest BCUT2D eigenvalue weighted by Crippen LogP contribution is 2.13. The van der Waals surface area contributed by atoms with Crippen LogP contribution in [0, 0.1) is 0 Å². The number of rotatable bonds is 5. The predicted octanol–water partition coefficient (Wildman–Crippen LogP) is 2.67. The number of urea groups is 1. The van der Waals surface area contributed by atoms with Gasteiger partial charge in [-0.25, -0.2) is 4.79 Å². The Hall–Kier alpha value is -1.75. The highest BCUT2D eigenvalue weighted by molar-refractivity contribution is 6.30. The third-order valence-corrected chi connectivity index (χ3v) is 2.61. The molecule has 0 saturated heterocycles. The van der Waals surface area contributed by atoms with Crippen molar-refractivity contribution in [3.8, 4) is 0 Å². The molecule has 2 amide bonds. The van der Waals surface area contributed by atoms with Crippen molar-refractivity contribution in [2.75, 3.05) is 18.4 Å². The second-order valence-corrected chi connectivity index (χ2v) is 4.10. The molecule has 2 N–H and O–H groups in total. The second-order valence-electron chi connectivity index (χ2n) is 3.66. The number of nitrogens with one attached hydrogen (secondary N) is 1. The van der Waals surface area contributed by atoms with Crippen LogP contribution in [0.1, 0.15) is 13.3 Å². The van der Waals surface area contributed by atoms with E-state index in [1.54, 1.807) is 31.2 Å². The molecule has 0 heterocycles. The van der Waals surface area contributed by atoms with Crippen LogP contribution in [0.15, 0.2) is 24.3 Å². The summed E-state index contributed by atoms with van der Waals surface area (Å²) in [7, 11) is 0. The molecule has 0 bridgehead atoms. The Kier molecular flexibility index (Phi) is 5.45. The molecule has 5 nitrogen and oxygen atoms in total. The maximum atomic E-state index is 11.8. The van der Waals surface area contributed by atoms with Crippen LogP contribution in [0.25, 0.3) is 0 Å². The van der Waals surface area contributed by atoms with Crippen molar-refractivity contribution in [1.82, 2.24) is 4.90 Å². The second kappa shape index (κ2) is 6.86. The first-order chi connectivity index (χ1) is 8.52. The van der Waals surface area contributed by atoms with Gasteiger partial charge in [-0.1, -0.05) is 11.6 Å². The normalized spacial score (nSPS) is 9.89. The van der Waals surface area contributed by atoms with E-state index in [0.29, 0.717) is 17.3 Å². The number of anilines is 1. The highest BCUT2D eigenvalue weighted by atomic mass is 35.5. The number of carbonyl (C=O) groups is 2.